The third kappa shape index (κ3) is 2.70. The van der Waals surface area contributed by atoms with Crippen LogP contribution >= 0.6 is 0 Å². The van der Waals surface area contributed by atoms with Crippen molar-refractivity contribution in [2.24, 2.45) is 11.8 Å². The molecular weight excluding hydrogens is 233 g/mol. The summed E-state index contributed by atoms with van der Waals surface area (Å²) in [7, 11) is 0. The molecule has 0 bridgehead atoms. The third-order valence-electron chi connectivity index (χ3n) is 3.73. The van der Waals surface area contributed by atoms with Gasteiger partial charge in [0.15, 0.2) is 0 Å². The van der Waals surface area contributed by atoms with Gasteiger partial charge in [0.05, 0.1) is 5.56 Å². The van der Waals surface area contributed by atoms with Crippen LogP contribution in [0.4, 0.5) is 4.39 Å². The molecule has 2 rings (SSSR count). The highest BCUT2D eigenvalue weighted by Gasteiger charge is 2.26. The van der Waals surface area contributed by atoms with E-state index >= 15 is 0 Å². The average molecular weight is 251 g/mol. The van der Waals surface area contributed by atoms with Crippen molar-refractivity contribution in [3.8, 4) is 0 Å². The molecule has 1 aliphatic heterocycles. The molecule has 0 aromatic heterocycles. The summed E-state index contributed by atoms with van der Waals surface area (Å²) in [5.74, 6) is -0.569. The fourth-order valence-corrected chi connectivity index (χ4v) is 2.47. The van der Waals surface area contributed by atoms with E-state index in [1.54, 1.807) is 6.07 Å². The van der Waals surface area contributed by atoms with Gasteiger partial charge in [0, 0.05) is 19.6 Å². The van der Waals surface area contributed by atoms with Crippen molar-refractivity contribution < 1.29 is 14.3 Å². The molecule has 1 saturated heterocycles. The molecular formula is C14H18FNO2. The number of halogens is 1. The van der Waals surface area contributed by atoms with E-state index in [0.717, 1.165) is 18.7 Å². The molecule has 0 spiro atoms. The number of likely N-dealkylation sites (tertiary alicyclic amines) is 1. The molecule has 3 nitrogen and oxygen atoms in total. The average Bonchev–Trinajstić information content (AvgIpc) is 2.60. The lowest BCUT2D eigenvalue weighted by Gasteiger charge is -2.15. The van der Waals surface area contributed by atoms with Crippen LogP contribution in [-0.2, 0) is 6.54 Å². The maximum atomic E-state index is 13.3. The highest BCUT2D eigenvalue weighted by atomic mass is 19.1. The Labute approximate surface area is 106 Å². The maximum absolute atomic E-state index is 13.3. The van der Waals surface area contributed by atoms with Crippen molar-refractivity contribution in [2.75, 3.05) is 13.1 Å². The summed E-state index contributed by atoms with van der Waals surface area (Å²) in [4.78, 5) is 13.1. The van der Waals surface area contributed by atoms with Crippen LogP contribution < -0.4 is 0 Å². The van der Waals surface area contributed by atoms with E-state index in [9.17, 15) is 9.18 Å². The van der Waals surface area contributed by atoms with E-state index in [1.165, 1.54) is 12.1 Å². The molecule has 1 heterocycles. The molecule has 1 fully saturated rings. The minimum Gasteiger partial charge on any atom is -0.478 e. The molecule has 2 unspecified atom stereocenters. The van der Waals surface area contributed by atoms with Gasteiger partial charge in [-0.25, -0.2) is 9.18 Å². The first-order valence-electron chi connectivity index (χ1n) is 6.21. The van der Waals surface area contributed by atoms with E-state index in [0.29, 0.717) is 18.4 Å². The van der Waals surface area contributed by atoms with Crippen molar-refractivity contribution in [2.45, 2.75) is 20.4 Å². The normalized spacial score (nSPS) is 24.4. The molecule has 0 radical (unpaired) electrons. The summed E-state index contributed by atoms with van der Waals surface area (Å²) in [5.41, 5.74) is 0.614. The number of nitrogens with zero attached hydrogens (tertiary/aromatic N) is 1. The summed E-state index contributed by atoms with van der Waals surface area (Å²) in [5, 5.41) is 8.88. The molecule has 98 valence electrons. The highest BCUT2D eigenvalue weighted by Crippen LogP contribution is 2.24. The minimum atomic E-state index is -1.21. The van der Waals surface area contributed by atoms with E-state index in [2.05, 4.69) is 18.7 Å². The molecule has 1 aromatic rings. The van der Waals surface area contributed by atoms with E-state index in [-0.39, 0.29) is 5.56 Å². The molecule has 0 aliphatic carbocycles. The van der Waals surface area contributed by atoms with Crippen molar-refractivity contribution in [3.63, 3.8) is 0 Å². The molecule has 0 amide bonds. The smallest absolute Gasteiger partial charge is 0.338 e. The molecule has 1 N–H and O–H groups in total. The Morgan fingerprint density at radius 2 is 2.00 bits per heavy atom. The van der Waals surface area contributed by atoms with E-state index in [1.807, 2.05) is 0 Å². The zero-order chi connectivity index (χ0) is 13.3. The largest absolute Gasteiger partial charge is 0.478 e. The van der Waals surface area contributed by atoms with Crippen LogP contribution in [0.25, 0.3) is 0 Å². The zero-order valence-electron chi connectivity index (χ0n) is 10.7. The van der Waals surface area contributed by atoms with Gasteiger partial charge in [-0.05, 0) is 29.5 Å². The Kier molecular flexibility index (Phi) is 3.66. The van der Waals surface area contributed by atoms with Crippen LogP contribution in [0, 0.1) is 17.7 Å². The van der Waals surface area contributed by atoms with Gasteiger partial charge in [-0.15, -0.1) is 0 Å². The van der Waals surface area contributed by atoms with Gasteiger partial charge in [-0.1, -0.05) is 19.9 Å². The van der Waals surface area contributed by atoms with Crippen LogP contribution in [0.3, 0.4) is 0 Å². The van der Waals surface area contributed by atoms with Crippen LogP contribution in [0.1, 0.15) is 29.8 Å². The number of rotatable bonds is 3. The lowest BCUT2D eigenvalue weighted by molar-refractivity contribution is 0.0691. The fourth-order valence-electron chi connectivity index (χ4n) is 2.47. The number of carboxylic acids is 1. The first kappa shape index (κ1) is 13.0. The number of benzene rings is 1. The van der Waals surface area contributed by atoms with Crippen LogP contribution in [0.5, 0.6) is 0 Å². The van der Waals surface area contributed by atoms with Crippen LogP contribution in [0.2, 0.25) is 0 Å². The maximum Gasteiger partial charge on any atom is 0.338 e. The van der Waals surface area contributed by atoms with Gasteiger partial charge in [0.2, 0.25) is 0 Å². The predicted molar refractivity (Wildman–Crippen MR) is 67.0 cm³/mol. The summed E-state index contributed by atoms with van der Waals surface area (Å²) in [6.45, 7) is 7.16. The molecule has 4 heteroatoms. The number of carboxylic acid groups (broad SMARTS) is 1. The SMILES string of the molecule is CC1CN(Cc2ccc(F)c(C(=O)O)c2)CC1C. The second-order valence-corrected chi connectivity index (χ2v) is 5.27. The predicted octanol–water partition coefficient (Wildman–Crippen LogP) is 2.61. The number of hydrogen-bond donors (Lipinski definition) is 1. The zero-order valence-corrected chi connectivity index (χ0v) is 10.7. The Morgan fingerprint density at radius 1 is 1.39 bits per heavy atom. The van der Waals surface area contributed by atoms with Crippen LogP contribution in [0.15, 0.2) is 18.2 Å². The van der Waals surface area contributed by atoms with Crippen molar-refractivity contribution >= 4 is 5.97 Å². The lowest BCUT2D eigenvalue weighted by atomic mass is 10.0. The Balaban J connectivity index is 2.11. The minimum absolute atomic E-state index is 0.243. The Bertz CT molecular complexity index is 451. The molecule has 2 atom stereocenters. The number of hydrogen-bond acceptors (Lipinski definition) is 2. The summed E-state index contributed by atoms with van der Waals surface area (Å²) >= 11 is 0. The van der Waals surface area contributed by atoms with Gasteiger partial charge < -0.3 is 5.11 Å². The monoisotopic (exact) mass is 251 g/mol. The van der Waals surface area contributed by atoms with Crippen molar-refractivity contribution in [1.82, 2.24) is 4.90 Å². The first-order chi connectivity index (χ1) is 8.47. The lowest BCUT2D eigenvalue weighted by Crippen LogP contribution is -2.20. The second kappa shape index (κ2) is 5.06. The standard InChI is InChI=1S/C14H18FNO2/c1-9-6-16(7-10(9)2)8-11-3-4-13(15)12(5-11)14(17)18/h3-5,9-10H,6-8H2,1-2H3,(H,17,18). The fraction of sp³-hybridized carbons (Fsp3) is 0.500. The summed E-state index contributed by atoms with van der Waals surface area (Å²) < 4.78 is 13.3. The highest BCUT2D eigenvalue weighted by molar-refractivity contribution is 5.88. The molecule has 1 aromatic carbocycles. The second-order valence-electron chi connectivity index (χ2n) is 5.27. The van der Waals surface area contributed by atoms with Gasteiger partial charge in [-0.3, -0.25) is 4.90 Å². The van der Waals surface area contributed by atoms with Gasteiger partial charge >= 0.3 is 5.97 Å². The molecule has 1 aliphatic rings. The summed E-state index contributed by atoms with van der Waals surface area (Å²) in [6.07, 6.45) is 0. The number of carbonyl (C=O) groups is 1. The number of aromatic carboxylic acids is 1. The third-order valence-corrected chi connectivity index (χ3v) is 3.73. The van der Waals surface area contributed by atoms with Crippen molar-refractivity contribution in [1.29, 1.82) is 0 Å². The van der Waals surface area contributed by atoms with Crippen LogP contribution in [-0.4, -0.2) is 29.1 Å². The molecule has 18 heavy (non-hydrogen) atoms. The van der Waals surface area contributed by atoms with E-state index in [4.69, 9.17) is 5.11 Å². The summed E-state index contributed by atoms with van der Waals surface area (Å²) in [6, 6.07) is 4.34. The Morgan fingerprint density at radius 3 is 2.56 bits per heavy atom. The van der Waals surface area contributed by atoms with Crippen molar-refractivity contribution in [3.05, 3.63) is 35.1 Å². The van der Waals surface area contributed by atoms with Gasteiger partial charge in [0.1, 0.15) is 5.82 Å². The quantitative estimate of drug-likeness (QED) is 0.897. The van der Waals surface area contributed by atoms with Gasteiger partial charge in [-0.2, -0.15) is 0 Å². The molecule has 0 saturated carbocycles. The van der Waals surface area contributed by atoms with Gasteiger partial charge in [0.25, 0.3) is 0 Å². The van der Waals surface area contributed by atoms with E-state index < -0.39 is 11.8 Å². The first-order valence-corrected chi connectivity index (χ1v) is 6.21. The Hall–Kier alpha value is -1.42. The topological polar surface area (TPSA) is 40.5 Å².